The second kappa shape index (κ2) is 39.1. The van der Waals surface area contributed by atoms with E-state index in [0.29, 0.717) is 25.9 Å². The number of carbonyl (C=O) groups is 2. The maximum atomic E-state index is 12.4. The zero-order chi connectivity index (χ0) is 35.9. The van der Waals surface area contributed by atoms with Crippen LogP contribution in [0.5, 0.6) is 0 Å². The Morgan fingerprint density at radius 1 is 0.551 bits per heavy atom. The quantitative estimate of drug-likeness (QED) is 0.0340. The van der Waals surface area contributed by atoms with Gasteiger partial charge in [0.2, 0.25) is 5.91 Å². The molecule has 1 amide bonds. The van der Waals surface area contributed by atoms with Crippen molar-refractivity contribution >= 4 is 11.9 Å². The van der Waals surface area contributed by atoms with Crippen molar-refractivity contribution < 1.29 is 24.5 Å². The zero-order valence-corrected chi connectivity index (χ0v) is 32.4. The van der Waals surface area contributed by atoms with E-state index in [4.69, 9.17) is 4.74 Å². The van der Waals surface area contributed by atoms with E-state index in [1.165, 1.54) is 103 Å². The molecule has 49 heavy (non-hydrogen) atoms. The minimum absolute atomic E-state index is 0.0486. The number of hydrogen-bond acceptors (Lipinski definition) is 5. The van der Waals surface area contributed by atoms with Crippen LogP contribution >= 0.6 is 0 Å². The molecule has 0 aliphatic rings. The number of aliphatic hydroxyl groups is 2. The number of amides is 1. The Morgan fingerprint density at radius 3 is 1.51 bits per heavy atom. The lowest BCUT2D eigenvalue weighted by molar-refractivity contribution is -0.143. The summed E-state index contributed by atoms with van der Waals surface area (Å²) >= 11 is 0. The molecule has 0 aromatic rings. The molecule has 0 rings (SSSR count). The molecule has 0 aliphatic carbocycles. The highest BCUT2D eigenvalue weighted by molar-refractivity contribution is 5.76. The molecule has 6 heteroatoms. The summed E-state index contributed by atoms with van der Waals surface area (Å²) in [7, 11) is 0. The number of hydrogen-bond donors (Lipinski definition) is 3. The minimum atomic E-state index is -0.683. The topological polar surface area (TPSA) is 95.9 Å². The lowest BCUT2D eigenvalue weighted by atomic mass is 10.0. The Balaban J connectivity index is 3.57. The second-order valence-corrected chi connectivity index (χ2v) is 14.3. The largest absolute Gasteiger partial charge is 0.466 e. The normalized spacial score (nSPS) is 13.0. The Hall–Kier alpha value is -1.66. The van der Waals surface area contributed by atoms with E-state index in [-0.39, 0.29) is 18.5 Å². The van der Waals surface area contributed by atoms with Gasteiger partial charge in [0.15, 0.2) is 0 Å². The molecule has 0 aromatic heterocycles. The van der Waals surface area contributed by atoms with Crippen molar-refractivity contribution in [1.29, 1.82) is 0 Å². The molecule has 0 heterocycles. The number of unbranched alkanes of at least 4 members (excludes halogenated alkanes) is 23. The Morgan fingerprint density at radius 2 is 0.980 bits per heavy atom. The fourth-order valence-electron chi connectivity index (χ4n) is 6.14. The van der Waals surface area contributed by atoms with Crippen LogP contribution in [0.3, 0.4) is 0 Å². The fourth-order valence-corrected chi connectivity index (χ4v) is 6.14. The molecule has 0 saturated heterocycles. The van der Waals surface area contributed by atoms with Crippen molar-refractivity contribution in [3.05, 3.63) is 24.3 Å². The highest BCUT2D eigenvalue weighted by Crippen LogP contribution is 2.14. The van der Waals surface area contributed by atoms with Gasteiger partial charge in [-0.3, -0.25) is 9.59 Å². The van der Waals surface area contributed by atoms with E-state index in [9.17, 15) is 19.8 Å². The van der Waals surface area contributed by atoms with Gasteiger partial charge in [-0.1, -0.05) is 154 Å². The van der Waals surface area contributed by atoms with Gasteiger partial charge in [0, 0.05) is 12.8 Å². The molecule has 0 saturated carbocycles. The number of ether oxygens (including phenoxy) is 1. The van der Waals surface area contributed by atoms with Gasteiger partial charge in [-0.2, -0.15) is 0 Å². The summed E-state index contributed by atoms with van der Waals surface area (Å²) in [6.45, 7) is 4.79. The van der Waals surface area contributed by atoms with Crippen LogP contribution in [0.15, 0.2) is 24.3 Å². The van der Waals surface area contributed by atoms with Crippen LogP contribution in [0, 0.1) is 0 Å². The molecule has 0 fully saturated rings. The van der Waals surface area contributed by atoms with Gasteiger partial charge in [0.25, 0.3) is 0 Å². The summed E-state index contributed by atoms with van der Waals surface area (Å²) < 4.78 is 5.39. The first-order valence-electron chi connectivity index (χ1n) is 21.1. The van der Waals surface area contributed by atoms with E-state index in [0.717, 1.165) is 77.0 Å². The molecular formula is C43H81NO5. The third kappa shape index (κ3) is 36.0. The van der Waals surface area contributed by atoms with Crippen LogP contribution < -0.4 is 5.32 Å². The fraction of sp³-hybridized carbons (Fsp3) is 0.860. The van der Waals surface area contributed by atoms with Crippen LogP contribution in [0.4, 0.5) is 0 Å². The molecule has 0 radical (unpaired) electrons. The minimum Gasteiger partial charge on any atom is -0.466 e. The second-order valence-electron chi connectivity index (χ2n) is 14.3. The summed E-state index contributed by atoms with van der Waals surface area (Å²) in [5.41, 5.74) is 0. The summed E-state index contributed by atoms with van der Waals surface area (Å²) in [5, 5.41) is 23.0. The van der Waals surface area contributed by atoms with Crippen LogP contribution in [0.1, 0.15) is 213 Å². The number of aliphatic hydroxyl groups excluding tert-OH is 2. The predicted octanol–water partition coefficient (Wildman–Crippen LogP) is 11.6. The van der Waals surface area contributed by atoms with Gasteiger partial charge in [-0.25, -0.2) is 0 Å². The molecule has 0 spiro atoms. The SMILES string of the molecule is CCCC/C=C\CCCCCCCC(=O)OCCCC/C=C\CCCCCCC(=O)NC(CO)C(O)CCCCCCCCCCCCC. The molecule has 0 aliphatic heterocycles. The van der Waals surface area contributed by atoms with Crippen molar-refractivity contribution in [2.24, 2.45) is 0 Å². The molecule has 0 aromatic carbocycles. The summed E-state index contributed by atoms with van der Waals surface area (Å²) in [5.74, 6) is -0.123. The molecule has 6 nitrogen and oxygen atoms in total. The standard InChI is InChI=1S/C43H81NO5/c1-3-5-7-9-11-13-15-19-23-27-31-35-41(46)40(39-45)44-42(47)36-32-28-24-20-17-18-22-26-30-34-38-49-43(48)37-33-29-25-21-16-14-12-10-8-6-4-2/h10,12,18,22,40-41,45-46H,3-9,11,13-17,19-21,23-39H2,1-2H3,(H,44,47)/b12-10-,22-18-. The Kier molecular flexibility index (Phi) is 37.8. The number of nitrogens with one attached hydrogen (secondary N) is 1. The van der Waals surface area contributed by atoms with E-state index in [1.54, 1.807) is 0 Å². The van der Waals surface area contributed by atoms with Crippen molar-refractivity contribution in [3.63, 3.8) is 0 Å². The predicted molar refractivity (Wildman–Crippen MR) is 209 cm³/mol. The van der Waals surface area contributed by atoms with Crippen LogP contribution in [-0.4, -0.2) is 47.4 Å². The van der Waals surface area contributed by atoms with Crippen LogP contribution in [0.25, 0.3) is 0 Å². The number of rotatable bonds is 38. The average molecular weight is 692 g/mol. The third-order valence-corrected chi connectivity index (χ3v) is 9.47. The average Bonchev–Trinajstić information content (AvgIpc) is 3.10. The van der Waals surface area contributed by atoms with Crippen LogP contribution in [0.2, 0.25) is 0 Å². The van der Waals surface area contributed by atoms with Crippen molar-refractivity contribution in [2.45, 2.75) is 225 Å². The lowest BCUT2D eigenvalue weighted by Gasteiger charge is -2.22. The smallest absolute Gasteiger partial charge is 0.305 e. The van der Waals surface area contributed by atoms with E-state index in [2.05, 4.69) is 43.5 Å². The molecule has 2 atom stereocenters. The maximum Gasteiger partial charge on any atom is 0.305 e. The van der Waals surface area contributed by atoms with Crippen LogP contribution in [-0.2, 0) is 14.3 Å². The van der Waals surface area contributed by atoms with Crippen molar-refractivity contribution in [2.75, 3.05) is 13.2 Å². The van der Waals surface area contributed by atoms with E-state index >= 15 is 0 Å². The Labute approximate surface area is 303 Å². The first-order chi connectivity index (χ1) is 24.0. The number of allylic oxidation sites excluding steroid dienone is 4. The first-order valence-corrected chi connectivity index (χ1v) is 21.1. The van der Waals surface area contributed by atoms with E-state index in [1.807, 2.05) is 0 Å². The van der Waals surface area contributed by atoms with Gasteiger partial charge in [0.1, 0.15) is 0 Å². The van der Waals surface area contributed by atoms with Crippen molar-refractivity contribution in [3.8, 4) is 0 Å². The highest BCUT2D eigenvalue weighted by atomic mass is 16.5. The molecule has 288 valence electrons. The van der Waals surface area contributed by atoms with Gasteiger partial charge in [-0.15, -0.1) is 0 Å². The lowest BCUT2D eigenvalue weighted by Crippen LogP contribution is -2.45. The summed E-state index contributed by atoms with van der Waals surface area (Å²) in [4.78, 5) is 24.3. The first kappa shape index (κ1) is 47.3. The summed E-state index contributed by atoms with van der Waals surface area (Å²) in [6.07, 6.45) is 42.7. The third-order valence-electron chi connectivity index (χ3n) is 9.47. The number of esters is 1. The number of carbonyl (C=O) groups excluding carboxylic acids is 2. The zero-order valence-electron chi connectivity index (χ0n) is 32.4. The van der Waals surface area contributed by atoms with Crippen molar-refractivity contribution in [1.82, 2.24) is 5.32 Å². The Bertz CT molecular complexity index is 767. The van der Waals surface area contributed by atoms with Gasteiger partial charge >= 0.3 is 5.97 Å². The summed E-state index contributed by atoms with van der Waals surface area (Å²) in [6, 6.07) is -0.564. The maximum absolute atomic E-state index is 12.4. The molecule has 3 N–H and O–H groups in total. The van der Waals surface area contributed by atoms with E-state index < -0.39 is 12.1 Å². The monoisotopic (exact) mass is 692 g/mol. The van der Waals surface area contributed by atoms with Gasteiger partial charge < -0.3 is 20.3 Å². The molecule has 2 unspecified atom stereocenters. The van der Waals surface area contributed by atoms with Gasteiger partial charge in [0.05, 0.1) is 25.4 Å². The highest BCUT2D eigenvalue weighted by Gasteiger charge is 2.20. The molecular weight excluding hydrogens is 610 g/mol. The van der Waals surface area contributed by atoms with Gasteiger partial charge in [-0.05, 0) is 70.6 Å². The molecule has 0 bridgehead atoms.